The van der Waals surface area contributed by atoms with Gasteiger partial charge in [-0.2, -0.15) is 0 Å². The lowest BCUT2D eigenvalue weighted by molar-refractivity contribution is -0.130. The van der Waals surface area contributed by atoms with Crippen LogP contribution >= 0.6 is 11.8 Å². The van der Waals surface area contributed by atoms with E-state index in [0.717, 1.165) is 11.8 Å². The Bertz CT molecular complexity index is 172. The van der Waals surface area contributed by atoms with Gasteiger partial charge in [0.05, 0.1) is 6.61 Å². The van der Waals surface area contributed by atoms with E-state index in [9.17, 15) is 9.59 Å². The van der Waals surface area contributed by atoms with E-state index in [4.69, 9.17) is 10.8 Å². The molecule has 70 valence electrons. The second-order valence-electron chi connectivity index (χ2n) is 2.42. The van der Waals surface area contributed by atoms with Gasteiger partial charge in [0.25, 0.3) is 5.12 Å². The molecular formula is C7H13NO3S. The molecule has 0 aromatic carbocycles. The Morgan fingerprint density at radius 1 is 1.58 bits per heavy atom. The number of carbonyl (C=O) groups excluding carboxylic acids is 2. The number of ketones is 1. The number of hydrogen-bond donors (Lipinski definition) is 2. The van der Waals surface area contributed by atoms with E-state index >= 15 is 0 Å². The van der Waals surface area contributed by atoms with E-state index in [1.165, 1.54) is 6.92 Å². The maximum Gasteiger partial charge on any atom is 0.254 e. The zero-order chi connectivity index (χ0) is 9.56. The van der Waals surface area contributed by atoms with Gasteiger partial charge in [-0.15, -0.1) is 0 Å². The third-order valence-electron chi connectivity index (χ3n) is 1.24. The molecule has 0 aliphatic rings. The minimum absolute atomic E-state index is 0.0885. The Kier molecular flexibility index (Phi) is 5.96. The van der Waals surface area contributed by atoms with E-state index in [1.54, 1.807) is 0 Å². The highest BCUT2D eigenvalue weighted by Gasteiger charge is 2.08. The van der Waals surface area contributed by atoms with Crippen molar-refractivity contribution in [1.29, 1.82) is 0 Å². The lowest BCUT2D eigenvalue weighted by Crippen LogP contribution is -2.25. The van der Waals surface area contributed by atoms with Gasteiger partial charge in [0.15, 0.2) is 0 Å². The van der Waals surface area contributed by atoms with Crippen LogP contribution in [0.2, 0.25) is 0 Å². The van der Waals surface area contributed by atoms with Crippen LogP contribution in [0, 0.1) is 0 Å². The van der Waals surface area contributed by atoms with Crippen molar-refractivity contribution in [3.63, 3.8) is 0 Å². The summed E-state index contributed by atoms with van der Waals surface area (Å²) in [4.78, 5) is 21.2. The summed E-state index contributed by atoms with van der Waals surface area (Å²) in [6.07, 6.45) is 0.542. The molecule has 0 radical (unpaired) electrons. The minimum Gasteiger partial charge on any atom is -0.395 e. The van der Waals surface area contributed by atoms with Crippen molar-refractivity contribution in [2.24, 2.45) is 5.73 Å². The average Bonchev–Trinajstić information content (AvgIpc) is 2.03. The Morgan fingerprint density at radius 2 is 2.17 bits per heavy atom. The van der Waals surface area contributed by atoms with Crippen LogP contribution in [-0.2, 0) is 9.59 Å². The summed E-state index contributed by atoms with van der Waals surface area (Å²) in [5.74, 6) is 0.0396. The maximum absolute atomic E-state index is 10.7. The molecule has 0 rings (SSSR count). The second kappa shape index (κ2) is 6.16. The molecule has 0 saturated heterocycles. The first-order chi connectivity index (χ1) is 5.57. The largest absolute Gasteiger partial charge is 0.395 e. The smallest absolute Gasteiger partial charge is 0.254 e. The molecule has 12 heavy (non-hydrogen) atoms. The third-order valence-corrected chi connectivity index (χ3v) is 2.23. The first-order valence-electron chi connectivity index (χ1n) is 3.62. The number of rotatable bonds is 5. The molecule has 0 fully saturated rings. The van der Waals surface area contributed by atoms with Gasteiger partial charge in [-0.25, -0.2) is 0 Å². The van der Waals surface area contributed by atoms with Crippen molar-refractivity contribution in [1.82, 2.24) is 0 Å². The molecular weight excluding hydrogens is 178 g/mol. The summed E-state index contributed by atoms with van der Waals surface area (Å²) in [5, 5.41) is 8.08. The molecule has 0 heterocycles. The molecule has 3 N–H and O–H groups in total. The number of aliphatic hydroxyl groups is 1. The normalized spacial score (nSPS) is 12.6. The van der Waals surface area contributed by atoms with Crippen molar-refractivity contribution in [3.05, 3.63) is 0 Å². The molecule has 4 nitrogen and oxygen atoms in total. The Labute approximate surface area is 75.5 Å². The molecule has 1 unspecified atom stereocenters. The van der Waals surface area contributed by atoms with Crippen LogP contribution in [0.15, 0.2) is 0 Å². The summed E-state index contributed by atoms with van der Waals surface area (Å²) in [5.41, 5.74) is 5.38. The van der Waals surface area contributed by atoms with E-state index in [1.807, 2.05) is 0 Å². The van der Waals surface area contributed by atoms with Gasteiger partial charge in [0.2, 0.25) is 5.78 Å². The number of nitrogens with two attached hydrogens (primary N) is 1. The lowest BCUT2D eigenvalue weighted by Gasteiger charge is -2.05. The van der Waals surface area contributed by atoms with Gasteiger partial charge < -0.3 is 10.8 Å². The molecule has 5 heteroatoms. The highest BCUT2D eigenvalue weighted by molar-refractivity contribution is 8.15. The molecule has 0 aromatic heterocycles. The molecule has 0 saturated carbocycles. The number of aliphatic hydroxyl groups excluding tert-OH is 1. The molecule has 0 aliphatic carbocycles. The molecule has 0 aliphatic heterocycles. The molecule has 0 amide bonds. The van der Waals surface area contributed by atoms with Crippen molar-refractivity contribution >= 4 is 22.7 Å². The topological polar surface area (TPSA) is 80.4 Å². The van der Waals surface area contributed by atoms with Gasteiger partial charge in [0.1, 0.15) is 0 Å². The molecule has 0 spiro atoms. The van der Waals surface area contributed by atoms with Gasteiger partial charge in [-0.3, -0.25) is 9.59 Å². The van der Waals surface area contributed by atoms with Crippen molar-refractivity contribution in [2.45, 2.75) is 19.4 Å². The van der Waals surface area contributed by atoms with E-state index in [-0.39, 0.29) is 12.6 Å². The standard InChI is InChI=1S/C7H13NO3S/c1-5(10)7(11)12-3-2-6(8)4-9/h6,9H,2-4,8H2,1H3. The van der Waals surface area contributed by atoms with E-state index in [2.05, 4.69) is 0 Å². The van der Waals surface area contributed by atoms with Crippen LogP contribution in [0.1, 0.15) is 13.3 Å². The van der Waals surface area contributed by atoms with Gasteiger partial charge in [-0.1, -0.05) is 11.8 Å². The zero-order valence-electron chi connectivity index (χ0n) is 6.95. The molecule has 0 bridgehead atoms. The van der Waals surface area contributed by atoms with E-state index in [0.29, 0.717) is 12.2 Å². The maximum atomic E-state index is 10.7. The van der Waals surface area contributed by atoms with Gasteiger partial charge in [0, 0.05) is 18.7 Å². The third kappa shape index (κ3) is 5.29. The second-order valence-corrected chi connectivity index (χ2v) is 3.49. The average molecular weight is 191 g/mol. The predicted molar refractivity (Wildman–Crippen MR) is 47.8 cm³/mol. The first-order valence-corrected chi connectivity index (χ1v) is 4.60. The highest BCUT2D eigenvalue weighted by Crippen LogP contribution is 2.05. The first kappa shape index (κ1) is 11.6. The predicted octanol–water partition coefficient (Wildman–Crippen LogP) is -0.455. The fraction of sp³-hybridized carbons (Fsp3) is 0.714. The number of hydrogen-bond acceptors (Lipinski definition) is 5. The Hall–Kier alpha value is -0.390. The zero-order valence-corrected chi connectivity index (χ0v) is 7.76. The number of Topliss-reactive ketones (excluding diaryl/α,β-unsaturated/α-hetero) is 1. The van der Waals surface area contributed by atoms with Crippen LogP contribution in [0.3, 0.4) is 0 Å². The fourth-order valence-corrected chi connectivity index (χ4v) is 1.31. The molecule has 0 aromatic rings. The van der Waals surface area contributed by atoms with Crippen LogP contribution < -0.4 is 5.73 Å². The number of carbonyl (C=O) groups is 2. The summed E-state index contributed by atoms with van der Waals surface area (Å²) in [6.45, 7) is 1.15. The van der Waals surface area contributed by atoms with Gasteiger partial charge >= 0.3 is 0 Å². The van der Waals surface area contributed by atoms with Crippen LogP contribution in [0.5, 0.6) is 0 Å². The number of thioether (sulfide) groups is 1. The van der Waals surface area contributed by atoms with E-state index < -0.39 is 10.9 Å². The fourth-order valence-electron chi connectivity index (χ4n) is 0.496. The monoisotopic (exact) mass is 191 g/mol. The highest BCUT2D eigenvalue weighted by atomic mass is 32.2. The lowest BCUT2D eigenvalue weighted by atomic mass is 10.3. The Balaban J connectivity index is 3.44. The van der Waals surface area contributed by atoms with Crippen molar-refractivity contribution < 1.29 is 14.7 Å². The van der Waals surface area contributed by atoms with Crippen LogP contribution in [0.25, 0.3) is 0 Å². The summed E-state index contributed by atoms with van der Waals surface area (Å²) in [7, 11) is 0. The van der Waals surface area contributed by atoms with Crippen LogP contribution in [-0.4, -0.2) is 34.4 Å². The van der Waals surface area contributed by atoms with Gasteiger partial charge in [-0.05, 0) is 6.42 Å². The minimum atomic E-state index is -0.447. The Morgan fingerprint density at radius 3 is 2.58 bits per heavy atom. The van der Waals surface area contributed by atoms with Crippen molar-refractivity contribution in [3.8, 4) is 0 Å². The summed E-state index contributed by atoms with van der Waals surface area (Å²) < 4.78 is 0. The van der Waals surface area contributed by atoms with Crippen LogP contribution in [0.4, 0.5) is 0 Å². The quantitative estimate of drug-likeness (QED) is 0.575. The molecule has 1 atom stereocenters. The van der Waals surface area contributed by atoms with Crippen molar-refractivity contribution in [2.75, 3.05) is 12.4 Å². The summed E-state index contributed by atoms with van der Waals surface area (Å²) in [6, 6.07) is -0.294. The summed E-state index contributed by atoms with van der Waals surface area (Å²) >= 11 is 0.949. The SMILES string of the molecule is CC(=O)C(=O)SCCC(N)CO.